The molecule has 0 radical (unpaired) electrons. The number of piperidine rings is 1. The zero-order chi connectivity index (χ0) is 11.6. The van der Waals surface area contributed by atoms with Gasteiger partial charge < -0.3 is 10.2 Å². The lowest BCUT2D eigenvalue weighted by Gasteiger charge is -2.27. The van der Waals surface area contributed by atoms with E-state index in [0.717, 1.165) is 0 Å². The molecular formula is C8H9NO6. The number of hydrogen-bond donors (Lipinski definition) is 2. The number of carbonyl (C=O) groups excluding carboxylic acids is 2. The van der Waals surface area contributed by atoms with Gasteiger partial charge in [0.05, 0.1) is 0 Å². The second kappa shape index (κ2) is 4.07. The molecule has 1 rings (SSSR count). The summed E-state index contributed by atoms with van der Waals surface area (Å²) < 4.78 is 0. The number of imide groups is 1. The van der Waals surface area contributed by atoms with Crippen LogP contribution in [0.15, 0.2) is 0 Å². The van der Waals surface area contributed by atoms with Crippen molar-refractivity contribution in [2.45, 2.75) is 25.3 Å². The van der Waals surface area contributed by atoms with Gasteiger partial charge in [-0.1, -0.05) is 0 Å². The van der Waals surface area contributed by atoms with Gasteiger partial charge in [0, 0.05) is 12.8 Å². The van der Waals surface area contributed by atoms with Gasteiger partial charge in [0.25, 0.3) is 0 Å². The van der Waals surface area contributed by atoms with Crippen LogP contribution in [0.2, 0.25) is 0 Å². The summed E-state index contributed by atoms with van der Waals surface area (Å²) in [5.41, 5.74) is 0. The number of nitrogens with zero attached hydrogens (tertiary/aromatic N) is 1. The molecule has 1 aliphatic rings. The minimum absolute atomic E-state index is 0.00278. The largest absolute Gasteiger partial charge is 0.479 e. The van der Waals surface area contributed by atoms with E-state index >= 15 is 0 Å². The fourth-order valence-electron chi connectivity index (χ4n) is 1.39. The van der Waals surface area contributed by atoms with Gasteiger partial charge in [0.2, 0.25) is 17.9 Å². The number of aliphatic carboxylic acids is 2. The van der Waals surface area contributed by atoms with Crippen LogP contribution in [0.5, 0.6) is 0 Å². The number of amides is 2. The van der Waals surface area contributed by atoms with Crippen LogP contribution in [-0.2, 0) is 19.2 Å². The highest BCUT2D eigenvalue weighted by atomic mass is 16.4. The Hall–Kier alpha value is -1.92. The zero-order valence-electron chi connectivity index (χ0n) is 7.67. The summed E-state index contributed by atoms with van der Waals surface area (Å²) in [4.78, 5) is 44.0. The van der Waals surface area contributed by atoms with E-state index in [4.69, 9.17) is 10.2 Å². The maximum atomic E-state index is 11.2. The molecule has 15 heavy (non-hydrogen) atoms. The van der Waals surface area contributed by atoms with Crippen molar-refractivity contribution in [2.24, 2.45) is 0 Å². The number of carboxylic acid groups (broad SMARTS) is 2. The predicted octanol–water partition coefficient (Wildman–Crippen LogP) is -0.937. The lowest BCUT2D eigenvalue weighted by atomic mass is 10.1. The smallest absolute Gasteiger partial charge is 0.338 e. The van der Waals surface area contributed by atoms with Gasteiger partial charge >= 0.3 is 11.9 Å². The number of carbonyl (C=O) groups is 4. The van der Waals surface area contributed by atoms with E-state index < -0.39 is 29.8 Å². The minimum atomic E-state index is -2.11. The molecule has 0 spiro atoms. The highest BCUT2D eigenvalue weighted by Crippen LogP contribution is 2.15. The van der Waals surface area contributed by atoms with Gasteiger partial charge in [-0.3, -0.25) is 14.5 Å². The second-order valence-electron chi connectivity index (χ2n) is 3.09. The van der Waals surface area contributed by atoms with E-state index in [1.54, 1.807) is 0 Å². The van der Waals surface area contributed by atoms with Crippen LogP contribution < -0.4 is 0 Å². The Bertz CT molecular complexity index is 306. The maximum absolute atomic E-state index is 11.2. The monoisotopic (exact) mass is 215 g/mol. The van der Waals surface area contributed by atoms with Crippen LogP contribution >= 0.6 is 0 Å². The summed E-state index contributed by atoms with van der Waals surface area (Å²) >= 11 is 0. The van der Waals surface area contributed by atoms with Crippen molar-refractivity contribution in [2.75, 3.05) is 0 Å². The standard InChI is InChI=1S/C8H9NO6/c10-4-2-1-3-5(11)9(4)6(7(12)13)8(14)15/h6H,1-3H2,(H,12,13)(H,14,15). The Labute approximate surface area is 84.3 Å². The molecule has 82 valence electrons. The van der Waals surface area contributed by atoms with Gasteiger partial charge in [-0.2, -0.15) is 0 Å². The average Bonchev–Trinajstić information content (AvgIpc) is 2.09. The number of carboxylic acids is 2. The first-order chi connectivity index (χ1) is 6.95. The summed E-state index contributed by atoms with van der Waals surface area (Å²) in [5.74, 6) is -4.93. The summed E-state index contributed by atoms with van der Waals surface area (Å²) in [6, 6.07) is -2.11. The van der Waals surface area contributed by atoms with Crippen molar-refractivity contribution < 1.29 is 29.4 Å². The van der Waals surface area contributed by atoms with Crippen LogP contribution in [0, 0.1) is 0 Å². The molecule has 0 aliphatic carbocycles. The van der Waals surface area contributed by atoms with E-state index in [1.807, 2.05) is 0 Å². The van der Waals surface area contributed by atoms with Crippen molar-refractivity contribution in [1.82, 2.24) is 4.90 Å². The van der Waals surface area contributed by atoms with Crippen LogP contribution in [0.3, 0.4) is 0 Å². The first kappa shape index (κ1) is 11.2. The number of rotatable bonds is 3. The quantitative estimate of drug-likeness (QED) is 0.464. The molecule has 0 aromatic rings. The molecule has 0 unspecified atom stereocenters. The Kier molecular flexibility index (Phi) is 3.03. The van der Waals surface area contributed by atoms with Crippen LogP contribution in [0.4, 0.5) is 0 Å². The van der Waals surface area contributed by atoms with Crippen LogP contribution in [0.25, 0.3) is 0 Å². The third-order valence-corrected chi connectivity index (χ3v) is 2.04. The highest BCUT2D eigenvalue weighted by Gasteiger charge is 2.41. The molecule has 1 fully saturated rings. The van der Waals surface area contributed by atoms with Crippen molar-refractivity contribution in [3.63, 3.8) is 0 Å². The molecule has 7 heteroatoms. The fourth-order valence-corrected chi connectivity index (χ4v) is 1.39. The van der Waals surface area contributed by atoms with Gasteiger partial charge in [-0.25, -0.2) is 9.59 Å². The van der Waals surface area contributed by atoms with Gasteiger partial charge in [-0.05, 0) is 6.42 Å². The Morgan fingerprint density at radius 3 is 1.80 bits per heavy atom. The van der Waals surface area contributed by atoms with Gasteiger partial charge in [0.15, 0.2) is 0 Å². The summed E-state index contributed by atoms with van der Waals surface area (Å²) in [7, 11) is 0. The third-order valence-electron chi connectivity index (χ3n) is 2.04. The lowest BCUT2D eigenvalue weighted by molar-refractivity contribution is -0.168. The molecule has 2 amide bonds. The molecule has 0 aromatic carbocycles. The Morgan fingerprint density at radius 1 is 1.07 bits per heavy atom. The Morgan fingerprint density at radius 2 is 1.47 bits per heavy atom. The molecule has 0 aromatic heterocycles. The SMILES string of the molecule is O=C(O)C(C(=O)O)N1C(=O)CCCC1=O. The number of likely N-dealkylation sites (tertiary alicyclic amines) is 1. The van der Waals surface area contributed by atoms with E-state index in [9.17, 15) is 19.2 Å². The van der Waals surface area contributed by atoms with E-state index in [-0.39, 0.29) is 12.8 Å². The van der Waals surface area contributed by atoms with Crippen molar-refractivity contribution in [1.29, 1.82) is 0 Å². The summed E-state index contributed by atoms with van der Waals surface area (Å²) in [6.07, 6.45) is 0.339. The molecular weight excluding hydrogens is 206 g/mol. The van der Waals surface area contributed by atoms with Gasteiger partial charge in [0.1, 0.15) is 0 Å². The Balaban J connectivity index is 2.99. The van der Waals surface area contributed by atoms with Crippen molar-refractivity contribution >= 4 is 23.8 Å². The van der Waals surface area contributed by atoms with Crippen LogP contribution in [0.1, 0.15) is 19.3 Å². The highest BCUT2D eigenvalue weighted by molar-refractivity contribution is 6.08. The van der Waals surface area contributed by atoms with E-state index in [0.29, 0.717) is 11.3 Å². The molecule has 1 saturated heterocycles. The molecule has 0 bridgehead atoms. The summed E-state index contributed by atoms with van der Waals surface area (Å²) in [6.45, 7) is 0. The van der Waals surface area contributed by atoms with Crippen molar-refractivity contribution in [3.05, 3.63) is 0 Å². The number of hydrogen-bond acceptors (Lipinski definition) is 4. The molecule has 7 nitrogen and oxygen atoms in total. The first-order valence-electron chi connectivity index (χ1n) is 4.25. The fraction of sp³-hybridized carbons (Fsp3) is 0.500. The molecule has 0 atom stereocenters. The van der Waals surface area contributed by atoms with Crippen molar-refractivity contribution in [3.8, 4) is 0 Å². The van der Waals surface area contributed by atoms with E-state index in [1.165, 1.54) is 0 Å². The summed E-state index contributed by atoms with van der Waals surface area (Å²) in [5, 5.41) is 17.2. The first-order valence-corrected chi connectivity index (χ1v) is 4.25. The maximum Gasteiger partial charge on any atom is 0.338 e. The van der Waals surface area contributed by atoms with E-state index in [2.05, 4.69) is 0 Å². The normalized spacial score (nSPS) is 17.0. The molecule has 0 saturated carbocycles. The minimum Gasteiger partial charge on any atom is -0.479 e. The molecule has 2 N–H and O–H groups in total. The topological polar surface area (TPSA) is 112 Å². The average molecular weight is 215 g/mol. The molecule has 1 aliphatic heterocycles. The lowest BCUT2D eigenvalue weighted by Crippen LogP contribution is -2.54. The second-order valence-corrected chi connectivity index (χ2v) is 3.09. The molecule has 1 heterocycles. The van der Waals surface area contributed by atoms with Crippen LogP contribution in [-0.4, -0.2) is 44.9 Å². The third kappa shape index (κ3) is 2.12. The zero-order valence-corrected chi connectivity index (χ0v) is 7.67. The predicted molar refractivity (Wildman–Crippen MR) is 44.8 cm³/mol. The van der Waals surface area contributed by atoms with Gasteiger partial charge in [-0.15, -0.1) is 0 Å².